The Morgan fingerprint density at radius 1 is 0.947 bits per heavy atom. The summed E-state index contributed by atoms with van der Waals surface area (Å²) in [6.45, 7) is 0. The lowest BCUT2D eigenvalue weighted by Crippen LogP contribution is -1.87. The van der Waals surface area contributed by atoms with E-state index in [1.807, 2.05) is 24.3 Å². The van der Waals surface area contributed by atoms with E-state index in [4.69, 9.17) is 4.74 Å². The lowest BCUT2D eigenvalue weighted by Gasteiger charge is -2.07. The van der Waals surface area contributed by atoms with E-state index in [2.05, 4.69) is 0 Å². The molecule has 0 atom stereocenters. The summed E-state index contributed by atoms with van der Waals surface area (Å²) in [5, 5.41) is 18.7. The highest BCUT2D eigenvalue weighted by Gasteiger charge is 2.03. The summed E-state index contributed by atoms with van der Waals surface area (Å²) in [6, 6.07) is 12.6. The van der Waals surface area contributed by atoms with Crippen LogP contribution in [0.3, 0.4) is 0 Å². The van der Waals surface area contributed by atoms with Crippen molar-refractivity contribution in [3.8, 4) is 17.2 Å². The van der Waals surface area contributed by atoms with Crippen LogP contribution in [-0.4, -0.2) is 17.3 Å². The van der Waals surface area contributed by atoms with Gasteiger partial charge >= 0.3 is 0 Å². The van der Waals surface area contributed by atoms with Gasteiger partial charge in [0.05, 0.1) is 7.11 Å². The van der Waals surface area contributed by atoms with Crippen LogP contribution in [0.2, 0.25) is 0 Å². The number of hydrogen-bond donors (Lipinski definition) is 2. The number of rotatable bonds is 5. The summed E-state index contributed by atoms with van der Waals surface area (Å²) in [5.74, 6) is 2.68. The van der Waals surface area contributed by atoms with Crippen molar-refractivity contribution in [2.75, 3.05) is 7.11 Å². The lowest BCUT2D eigenvalue weighted by molar-refractivity contribution is 0.373. The number of phenolic OH excluding ortho intramolecular Hbond substituents is 2. The third kappa shape index (κ3) is 3.83. The van der Waals surface area contributed by atoms with Gasteiger partial charge in [0, 0.05) is 11.5 Å². The predicted octanol–water partition coefficient (Wildman–Crippen LogP) is 3.54. The second-order valence-corrected chi connectivity index (χ2v) is 5.15. The lowest BCUT2D eigenvalue weighted by atomic mass is 10.2. The molecule has 0 saturated heterocycles. The zero-order chi connectivity index (χ0) is 13.7. The second-order valence-electron chi connectivity index (χ2n) is 4.17. The molecule has 0 amide bonds. The molecule has 0 aromatic heterocycles. The van der Waals surface area contributed by atoms with Crippen LogP contribution < -0.4 is 4.74 Å². The van der Waals surface area contributed by atoms with Gasteiger partial charge in [0.25, 0.3) is 0 Å². The second kappa shape index (κ2) is 6.38. The first kappa shape index (κ1) is 13.6. The van der Waals surface area contributed by atoms with Gasteiger partial charge in [0.1, 0.15) is 5.75 Å². The number of thioether (sulfide) groups is 1. The molecule has 0 bridgehead atoms. The molecule has 2 aromatic rings. The molecule has 0 radical (unpaired) electrons. The van der Waals surface area contributed by atoms with E-state index in [1.165, 1.54) is 5.56 Å². The molecule has 0 saturated carbocycles. The zero-order valence-corrected chi connectivity index (χ0v) is 11.5. The fourth-order valence-corrected chi connectivity index (χ4v) is 2.64. The van der Waals surface area contributed by atoms with Crippen molar-refractivity contribution in [1.82, 2.24) is 0 Å². The Bertz CT molecular complexity index is 538. The van der Waals surface area contributed by atoms with E-state index in [1.54, 1.807) is 37.1 Å². The van der Waals surface area contributed by atoms with E-state index >= 15 is 0 Å². The predicted molar refractivity (Wildman–Crippen MR) is 77.8 cm³/mol. The first-order valence-corrected chi connectivity index (χ1v) is 7.06. The SMILES string of the molecule is COc1cc(CSCc2ccc(O)cc2)ccc1O. The summed E-state index contributed by atoms with van der Waals surface area (Å²) in [6.07, 6.45) is 0. The number of methoxy groups -OCH3 is 1. The van der Waals surface area contributed by atoms with Gasteiger partial charge in [0.15, 0.2) is 11.5 Å². The highest BCUT2D eigenvalue weighted by atomic mass is 32.2. The molecule has 2 rings (SSSR count). The molecule has 19 heavy (non-hydrogen) atoms. The maximum atomic E-state index is 9.51. The molecule has 2 N–H and O–H groups in total. The smallest absolute Gasteiger partial charge is 0.160 e. The van der Waals surface area contributed by atoms with E-state index in [0.29, 0.717) is 5.75 Å². The summed E-state index contributed by atoms with van der Waals surface area (Å²) in [7, 11) is 1.54. The van der Waals surface area contributed by atoms with Gasteiger partial charge in [-0.15, -0.1) is 0 Å². The molecule has 2 aromatic carbocycles. The van der Waals surface area contributed by atoms with Gasteiger partial charge in [-0.05, 0) is 35.4 Å². The Morgan fingerprint density at radius 3 is 2.26 bits per heavy atom. The van der Waals surface area contributed by atoms with Crippen LogP contribution >= 0.6 is 11.8 Å². The number of phenols is 2. The molecular formula is C15H16O3S. The number of aromatic hydroxyl groups is 2. The normalized spacial score (nSPS) is 10.4. The molecule has 3 nitrogen and oxygen atoms in total. The maximum Gasteiger partial charge on any atom is 0.160 e. The van der Waals surface area contributed by atoms with Crippen molar-refractivity contribution in [2.24, 2.45) is 0 Å². The molecule has 0 aliphatic rings. The summed E-state index contributed by atoms with van der Waals surface area (Å²) in [4.78, 5) is 0. The number of hydrogen-bond acceptors (Lipinski definition) is 4. The van der Waals surface area contributed by atoms with Gasteiger partial charge in [0.2, 0.25) is 0 Å². The van der Waals surface area contributed by atoms with Crippen LogP contribution in [0, 0.1) is 0 Å². The number of benzene rings is 2. The molecule has 0 aliphatic carbocycles. The Balaban J connectivity index is 1.90. The average Bonchev–Trinajstić information content (AvgIpc) is 2.43. The van der Waals surface area contributed by atoms with Crippen LogP contribution in [0.4, 0.5) is 0 Å². The first-order chi connectivity index (χ1) is 9.19. The van der Waals surface area contributed by atoms with Crippen LogP contribution in [-0.2, 0) is 11.5 Å². The minimum Gasteiger partial charge on any atom is -0.508 e. The van der Waals surface area contributed by atoms with Gasteiger partial charge in [-0.1, -0.05) is 18.2 Å². The molecule has 0 heterocycles. The van der Waals surface area contributed by atoms with Crippen LogP contribution in [0.1, 0.15) is 11.1 Å². The Kier molecular flexibility index (Phi) is 4.58. The van der Waals surface area contributed by atoms with Crippen LogP contribution in [0.5, 0.6) is 17.2 Å². The van der Waals surface area contributed by atoms with Gasteiger partial charge in [-0.3, -0.25) is 0 Å². The maximum absolute atomic E-state index is 9.51. The van der Waals surface area contributed by atoms with E-state index in [9.17, 15) is 10.2 Å². The van der Waals surface area contributed by atoms with Crippen LogP contribution in [0.25, 0.3) is 0 Å². The monoisotopic (exact) mass is 276 g/mol. The van der Waals surface area contributed by atoms with Gasteiger partial charge in [-0.25, -0.2) is 0 Å². The Hall–Kier alpha value is -1.81. The van der Waals surface area contributed by atoms with Gasteiger partial charge in [-0.2, -0.15) is 11.8 Å². The molecule has 0 aliphatic heterocycles. The minimum atomic E-state index is 0.162. The number of ether oxygens (including phenoxy) is 1. The molecule has 100 valence electrons. The summed E-state index contributed by atoms with van der Waals surface area (Å²) < 4.78 is 5.08. The molecule has 4 heteroatoms. The van der Waals surface area contributed by atoms with Crippen molar-refractivity contribution in [3.63, 3.8) is 0 Å². The minimum absolute atomic E-state index is 0.162. The van der Waals surface area contributed by atoms with E-state index in [0.717, 1.165) is 17.1 Å². The fourth-order valence-electron chi connectivity index (χ4n) is 1.69. The molecule has 0 spiro atoms. The van der Waals surface area contributed by atoms with Crippen molar-refractivity contribution >= 4 is 11.8 Å². The molecule has 0 fully saturated rings. The largest absolute Gasteiger partial charge is 0.508 e. The standard InChI is InChI=1S/C15H16O3S/c1-18-15-8-12(4-7-14(15)17)10-19-9-11-2-5-13(16)6-3-11/h2-8,16-17H,9-10H2,1H3. The molecular weight excluding hydrogens is 260 g/mol. The topological polar surface area (TPSA) is 49.7 Å². The molecule has 0 unspecified atom stereocenters. The first-order valence-electron chi connectivity index (χ1n) is 5.90. The van der Waals surface area contributed by atoms with Crippen LogP contribution in [0.15, 0.2) is 42.5 Å². The average molecular weight is 276 g/mol. The van der Waals surface area contributed by atoms with E-state index in [-0.39, 0.29) is 11.5 Å². The van der Waals surface area contributed by atoms with E-state index < -0.39 is 0 Å². The van der Waals surface area contributed by atoms with Crippen molar-refractivity contribution < 1.29 is 14.9 Å². The van der Waals surface area contributed by atoms with Gasteiger partial charge < -0.3 is 14.9 Å². The van der Waals surface area contributed by atoms with Crippen molar-refractivity contribution in [2.45, 2.75) is 11.5 Å². The Labute approximate surface area is 116 Å². The highest BCUT2D eigenvalue weighted by Crippen LogP contribution is 2.28. The quantitative estimate of drug-likeness (QED) is 0.877. The zero-order valence-electron chi connectivity index (χ0n) is 10.7. The highest BCUT2D eigenvalue weighted by molar-refractivity contribution is 7.97. The van der Waals surface area contributed by atoms with Crippen molar-refractivity contribution in [1.29, 1.82) is 0 Å². The fraction of sp³-hybridized carbons (Fsp3) is 0.200. The summed E-state index contributed by atoms with van der Waals surface area (Å²) >= 11 is 1.77. The third-order valence-electron chi connectivity index (χ3n) is 2.72. The summed E-state index contributed by atoms with van der Waals surface area (Å²) in [5.41, 5.74) is 2.28. The van der Waals surface area contributed by atoms with Crippen molar-refractivity contribution in [3.05, 3.63) is 53.6 Å². The Morgan fingerprint density at radius 2 is 1.58 bits per heavy atom. The third-order valence-corrected chi connectivity index (χ3v) is 3.79.